The van der Waals surface area contributed by atoms with Crippen LogP contribution in [-0.4, -0.2) is 74.9 Å². The molecule has 2 unspecified atom stereocenters. The van der Waals surface area contributed by atoms with Crippen LogP contribution >= 0.6 is 7.82 Å². The average molecular weight is 1240 g/mol. The van der Waals surface area contributed by atoms with Gasteiger partial charge >= 0.3 is 19.8 Å². The predicted octanol–water partition coefficient (Wildman–Crippen LogP) is 22.9. The molecule has 0 saturated carbocycles. The zero-order valence-corrected chi connectivity index (χ0v) is 57.5. The summed E-state index contributed by atoms with van der Waals surface area (Å²) in [4.78, 5) is 35.9. The number of likely N-dealkylation sites (N-methyl/N-ethyl adjacent to an activating group) is 1. The number of phosphoric ester groups is 1. The molecule has 0 bridgehead atoms. The summed E-state index contributed by atoms with van der Waals surface area (Å²) in [6.45, 7) is 4.18. The summed E-state index contributed by atoms with van der Waals surface area (Å²) in [5.41, 5.74) is 0. The quantitative estimate of drug-likeness (QED) is 0.0211. The second kappa shape index (κ2) is 66.8. The fourth-order valence-electron chi connectivity index (χ4n) is 8.98. The molecule has 0 aliphatic heterocycles. The van der Waals surface area contributed by atoms with E-state index in [0.717, 1.165) is 148 Å². The van der Waals surface area contributed by atoms with Crippen LogP contribution in [0.15, 0.2) is 170 Å². The van der Waals surface area contributed by atoms with Crippen molar-refractivity contribution in [3.05, 3.63) is 170 Å². The highest BCUT2D eigenvalue weighted by Crippen LogP contribution is 2.43. The van der Waals surface area contributed by atoms with Gasteiger partial charge in [-0.25, -0.2) is 4.57 Å². The van der Waals surface area contributed by atoms with Crippen molar-refractivity contribution >= 4 is 19.8 Å². The first-order chi connectivity index (χ1) is 43.0. The fraction of sp³-hybridized carbons (Fsp3) is 0.615. The number of carbonyl (C=O) groups excluding carboxylic acids is 2. The van der Waals surface area contributed by atoms with E-state index in [0.29, 0.717) is 17.4 Å². The van der Waals surface area contributed by atoms with Gasteiger partial charge < -0.3 is 18.9 Å². The molecule has 0 rings (SSSR count). The molecule has 0 aromatic carbocycles. The molecule has 498 valence electrons. The van der Waals surface area contributed by atoms with Gasteiger partial charge in [-0.05, 0) is 128 Å². The Hall–Kier alpha value is -4.63. The summed E-state index contributed by atoms with van der Waals surface area (Å²) < 4.78 is 34.7. The Bertz CT molecular complexity index is 2090. The lowest BCUT2D eigenvalue weighted by atomic mass is 10.0. The first-order valence-corrected chi connectivity index (χ1v) is 36.4. The first-order valence-electron chi connectivity index (χ1n) is 34.9. The third-order valence-corrected chi connectivity index (χ3v) is 15.2. The number of carbonyl (C=O) groups is 2. The fourth-order valence-corrected chi connectivity index (χ4v) is 9.72. The van der Waals surface area contributed by atoms with Crippen LogP contribution in [0.3, 0.4) is 0 Å². The molecule has 0 aromatic heterocycles. The maximum atomic E-state index is 12.9. The highest BCUT2D eigenvalue weighted by molar-refractivity contribution is 7.47. The van der Waals surface area contributed by atoms with Crippen LogP contribution in [-0.2, 0) is 32.7 Å². The molecule has 0 heterocycles. The van der Waals surface area contributed by atoms with Gasteiger partial charge in [-0.15, -0.1) is 0 Å². The van der Waals surface area contributed by atoms with Crippen molar-refractivity contribution in [2.24, 2.45) is 0 Å². The number of phosphoric acid groups is 1. The number of allylic oxidation sites excluding steroid dienone is 28. The van der Waals surface area contributed by atoms with Gasteiger partial charge in [0.25, 0.3) is 0 Å². The maximum absolute atomic E-state index is 12.9. The number of hydrogen-bond acceptors (Lipinski definition) is 7. The van der Waals surface area contributed by atoms with Crippen molar-refractivity contribution in [2.75, 3.05) is 47.5 Å². The Morgan fingerprint density at radius 3 is 0.909 bits per heavy atom. The molecular formula is C78H129NO8P+. The summed E-state index contributed by atoms with van der Waals surface area (Å²) in [5, 5.41) is 0. The predicted molar refractivity (Wildman–Crippen MR) is 380 cm³/mol. The Morgan fingerprint density at radius 1 is 0.352 bits per heavy atom. The molecule has 0 aliphatic rings. The molecule has 0 aromatic rings. The minimum absolute atomic E-state index is 0.0198. The highest BCUT2D eigenvalue weighted by atomic mass is 31.2. The van der Waals surface area contributed by atoms with Crippen molar-refractivity contribution < 1.29 is 42.1 Å². The number of hydrogen-bond donors (Lipinski definition) is 1. The second-order valence-corrected chi connectivity index (χ2v) is 25.3. The lowest BCUT2D eigenvalue weighted by Gasteiger charge is -2.24. The largest absolute Gasteiger partial charge is 0.472 e. The second-order valence-electron chi connectivity index (χ2n) is 23.8. The van der Waals surface area contributed by atoms with Crippen LogP contribution in [0, 0.1) is 0 Å². The maximum Gasteiger partial charge on any atom is 0.472 e. The average Bonchev–Trinajstić information content (AvgIpc) is 3.68. The number of nitrogens with zero attached hydrogens (tertiary/aromatic N) is 1. The number of unbranched alkanes of at least 4 members (excludes halogenated alkanes) is 20. The van der Waals surface area contributed by atoms with Crippen molar-refractivity contribution in [1.82, 2.24) is 0 Å². The summed E-state index contributed by atoms with van der Waals surface area (Å²) in [6.07, 6.45) is 102. The van der Waals surface area contributed by atoms with Crippen LogP contribution in [0.5, 0.6) is 0 Å². The van der Waals surface area contributed by atoms with E-state index in [4.69, 9.17) is 18.5 Å². The summed E-state index contributed by atoms with van der Waals surface area (Å²) in [7, 11) is 1.45. The molecule has 2 atom stereocenters. The van der Waals surface area contributed by atoms with Gasteiger partial charge in [0, 0.05) is 12.8 Å². The van der Waals surface area contributed by atoms with E-state index in [1.165, 1.54) is 77.0 Å². The normalized spacial score (nSPS) is 14.2. The van der Waals surface area contributed by atoms with Crippen molar-refractivity contribution in [3.8, 4) is 0 Å². The van der Waals surface area contributed by atoms with Gasteiger partial charge in [-0.1, -0.05) is 287 Å². The van der Waals surface area contributed by atoms with Crippen LogP contribution in [0.25, 0.3) is 0 Å². The number of esters is 2. The molecule has 88 heavy (non-hydrogen) atoms. The lowest BCUT2D eigenvalue weighted by Crippen LogP contribution is -2.37. The molecule has 0 saturated heterocycles. The van der Waals surface area contributed by atoms with E-state index in [1.54, 1.807) is 0 Å². The SMILES string of the molecule is CC/C=C\C/C=C\C/C=C\C/C=C\C/C=C\C/C=C\C/C=C\C/C=C\CCCCCCCCC(=O)OC(COC(=O)CCCCCCCCCCCCCCCC/C=C\C/C=C\C/C=C\C/C=C\C/C=C\C/C=C\CC)COP(=O)(O)OCC[N+](C)(C)C. The van der Waals surface area contributed by atoms with Gasteiger partial charge in [0.1, 0.15) is 19.8 Å². The molecule has 9 nitrogen and oxygen atoms in total. The summed E-state index contributed by atoms with van der Waals surface area (Å²) in [6, 6.07) is 0. The van der Waals surface area contributed by atoms with Crippen LogP contribution in [0.4, 0.5) is 0 Å². The number of ether oxygens (including phenoxy) is 2. The van der Waals surface area contributed by atoms with Crippen molar-refractivity contribution in [1.29, 1.82) is 0 Å². The van der Waals surface area contributed by atoms with Crippen LogP contribution < -0.4 is 0 Å². The minimum atomic E-state index is -4.41. The molecule has 10 heteroatoms. The van der Waals surface area contributed by atoms with E-state index < -0.39 is 26.5 Å². The van der Waals surface area contributed by atoms with E-state index >= 15 is 0 Å². The van der Waals surface area contributed by atoms with Gasteiger partial charge in [-0.3, -0.25) is 18.6 Å². The topological polar surface area (TPSA) is 108 Å². The Morgan fingerprint density at radius 2 is 0.614 bits per heavy atom. The first kappa shape index (κ1) is 83.4. The lowest BCUT2D eigenvalue weighted by molar-refractivity contribution is -0.870. The van der Waals surface area contributed by atoms with Gasteiger partial charge in [-0.2, -0.15) is 0 Å². The smallest absolute Gasteiger partial charge is 0.462 e. The Kier molecular flexibility index (Phi) is 63.3. The van der Waals surface area contributed by atoms with E-state index in [1.807, 2.05) is 21.1 Å². The number of quaternary nitrogens is 1. The van der Waals surface area contributed by atoms with Crippen molar-refractivity contribution in [3.63, 3.8) is 0 Å². The molecule has 0 fully saturated rings. The van der Waals surface area contributed by atoms with Crippen LogP contribution in [0.2, 0.25) is 0 Å². The van der Waals surface area contributed by atoms with Gasteiger partial charge in [0.05, 0.1) is 27.7 Å². The van der Waals surface area contributed by atoms with E-state index in [9.17, 15) is 19.0 Å². The highest BCUT2D eigenvalue weighted by Gasteiger charge is 2.27. The monoisotopic (exact) mass is 1240 g/mol. The third-order valence-electron chi connectivity index (χ3n) is 14.2. The summed E-state index contributed by atoms with van der Waals surface area (Å²) >= 11 is 0. The minimum Gasteiger partial charge on any atom is -0.462 e. The Balaban J connectivity index is 4.14. The molecule has 0 aliphatic carbocycles. The molecule has 0 spiro atoms. The zero-order chi connectivity index (χ0) is 64.1. The molecule has 0 amide bonds. The zero-order valence-electron chi connectivity index (χ0n) is 56.6. The third kappa shape index (κ3) is 70.5. The van der Waals surface area contributed by atoms with Gasteiger partial charge in [0.15, 0.2) is 6.10 Å². The standard InChI is InChI=1S/C78H128NO8P/c1-6-8-10-12-14-16-18-20-22-24-26-28-30-32-34-36-38-39-41-42-44-46-48-50-52-54-56-58-60-62-64-66-68-70-77(80)84-74-76(75-86-88(82,83)85-73-72-79(3,4)5)87-78(81)71-69-67-65-63-61-59-57-55-53-51-49-47-45-43-40-37-35-33-31-29-27-25-23-21-19-17-15-13-11-9-7-2/h8-11,14-17,20-23,26-29,32-35,38-40,43,47,49,53,55,76H,6-7,12-13,18-19,24-25,30-31,36-37,41-42,44-46,48,50-52,54,56-75H2,1-5H3/p+1/b10-8-,11-9-,16-14-,17-15-,22-20-,23-21-,28-26-,29-27-,34-32-,35-33-,39-38-,43-40-,49-47-,55-53-. The Labute approximate surface area is 540 Å². The van der Waals surface area contributed by atoms with Gasteiger partial charge in [0.2, 0.25) is 0 Å². The van der Waals surface area contributed by atoms with Crippen molar-refractivity contribution in [2.45, 2.75) is 264 Å². The van der Waals surface area contributed by atoms with E-state index in [-0.39, 0.29) is 32.0 Å². The molecule has 0 radical (unpaired) electrons. The molecule has 1 N–H and O–H groups in total. The number of rotatable bonds is 62. The molecular weight excluding hydrogens is 1110 g/mol. The van der Waals surface area contributed by atoms with Crippen LogP contribution in [0.1, 0.15) is 258 Å². The van der Waals surface area contributed by atoms with E-state index in [2.05, 4.69) is 184 Å². The summed E-state index contributed by atoms with van der Waals surface area (Å²) in [5.74, 6) is -0.823.